The summed E-state index contributed by atoms with van der Waals surface area (Å²) in [7, 11) is 1.62. The van der Waals surface area contributed by atoms with Gasteiger partial charge in [0.05, 0.1) is 23.8 Å². The molecule has 114 valence electrons. The number of carbonyl (C=O) groups is 1. The number of carbonyl (C=O) groups excluding carboxylic acids is 1. The lowest BCUT2D eigenvalue weighted by Gasteiger charge is -2.01. The van der Waals surface area contributed by atoms with Gasteiger partial charge in [-0.25, -0.2) is 0 Å². The molecule has 0 aliphatic rings. The van der Waals surface area contributed by atoms with Gasteiger partial charge in [-0.15, -0.1) is 0 Å². The van der Waals surface area contributed by atoms with Gasteiger partial charge in [-0.3, -0.25) is 9.89 Å². The maximum atomic E-state index is 12.8. The highest BCUT2D eigenvalue weighted by Crippen LogP contribution is 2.27. The van der Waals surface area contributed by atoms with Crippen molar-refractivity contribution in [1.82, 2.24) is 15.2 Å². The van der Waals surface area contributed by atoms with Crippen LogP contribution in [0.2, 0.25) is 0 Å². The van der Waals surface area contributed by atoms with Crippen LogP contribution in [0, 0.1) is 6.92 Å². The molecule has 23 heavy (non-hydrogen) atoms. The zero-order valence-electron chi connectivity index (χ0n) is 12.8. The van der Waals surface area contributed by atoms with E-state index < -0.39 is 0 Å². The van der Waals surface area contributed by atoms with Gasteiger partial charge < -0.3 is 9.72 Å². The van der Waals surface area contributed by atoms with Crippen molar-refractivity contribution in [3.63, 3.8) is 0 Å². The van der Waals surface area contributed by atoms with E-state index in [0.29, 0.717) is 11.3 Å². The number of fused-ring (bicyclic) bond motifs is 2. The van der Waals surface area contributed by atoms with Gasteiger partial charge in [-0.1, -0.05) is 12.1 Å². The van der Waals surface area contributed by atoms with Crippen molar-refractivity contribution < 1.29 is 9.53 Å². The number of nitrogens with one attached hydrogen (secondary N) is 2. The molecule has 2 heterocycles. The molecule has 2 N–H and O–H groups in total. The summed E-state index contributed by atoms with van der Waals surface area (Å²) in [5, 5.41) is 9.04. The number of benzene rings is 2. The van der Waals surface area contributed by atoms with Gasteiger partial charge in [-0.2, -0.15) is 5.10 Å². The lowest BCUT2D eigenvalue weighted by molar-refractivity contribution is 0.103. The molecule has 4 aromatic rings. The molecule has 0 saturated carbocycles. The first kappa shape index (κ1) is 13.6. The molecule has 0 saturated heterocycles. The predicted molar refractivity (Wildman–Crippen MR) is 89.1 cm³/mol. The summed E-state index contributed by atoms with van der Waals surface area (Å²) >= 11 is 0. The Morgan fingerprint density at radius 2 is 2.04 bits per heavy atom. The van der Waals surface area contributed by atoms with E-state index in [2.05, 4.69) is 15.2 Å². The van der Waals surface area contributed by atoms with E-state index in [1.54, 1.807) is 13.2 Å². The third-order valence-electron chi connectivity index (χ3n) is 4.09. The predicted octanol–water partition coefficient (Wildman–Crippen LogP) is 3.59. The van der Waals surface area contributed by atoms with Crippen LogP contribution in [0.5, 0.6) is 5.75 Å². The monoisotopic (exact) mass is 305 g/mol. The maximum Gasteiger partial charge on any atom is 0.209 e. The molecule has 0 unspecified atom stereocenters. The molecule has 0 aliphatic carbocycles. The number of hydrogen-bond donors (Lipinski definition) is 2. The first-order chi connectivity index (χ1) is 11.2. The van der Waals surface area contributed by atoms with E-state index in [-0.39, 0.29) is 5.78 Å². The Kier molecular flexibility index (Phi) is 2.94. The fraction of sp³-hybridized carbons (Fsp3) is 0.111. The number of methoxy groups -OCH3 is 1. The van der Waals surface area contributed by atoms with Crippen LogP contribution in [0.15, 0.2) is 42.5 Å². The van der Waals surface area contributed by atoms with E-state index >= 15 is 0 Å². The molecule has 0 amide bonds. The first-order valence-corrected chi connectivity index (χ1v) is 7.32. The highest BCUT2D eigenvalue weighted by molar-refractivity contribution is 6.11. The standard InChI is InChI=1S/C18H15N3O2/c1-10-13-8-12(6-7-14(13)21-20-10)18(22)15-9-11-4-3-5-16(23-2)17(11)19-15/h3-9,19H,1-2H3,(H,20,21). The van der Waals surface area contributed by atoms with Gasteiger partial charge in [0.15, 0.2) is 0 Å². The van der Waals surface area contributed by atoms with E-state index in [4.69, 9.17) is 4.74 Å². The molecule has 0 aliphatic heterocycles. The number of para-hydroxylation sites is 1. The van der Waals surface area contributed by atoms with Crippen LogP contribution in [0.1, 0.15) is 21.7 Å². The number of aryl methyl sites for hydroxylation is 1. The summed E-state index contributed by atoms with van der Waals surface area (Å²) in [4.78, 5) is 16.0. The number of aromatic nitrogens is 3. The zero-order valence-corrected chi connectivity index (χ0v) is 12.8. The van der Waals surface area contributed by atoms with E-state index in [1.807, 2.05) is 43.3 Å². The minimum absolute atomic E-state index is 0.0502. The molecule has 2 aromatic carbocycles. The van der Waals surface area contributed by atoms with Crippen LogP contribution in [0.3, 0.4) is 0 Å². The van der Waals surface area contributed by atoms with Crippen molar-refractivity contribution in [3.05, 3.63) is 59.4 Å². The fourth-order valence-electron chi connectivity index (χ4n) is 2.86. The number of aromatic amines is 2. The fourth-order valence-corrected chi connectivity index (χ4v) is 2.86. The van der Waals surface area contributed by atoms with Gasteiger partial charge in [0.25, 0.3) is 0 Å². The van der Waals surface area contributed by atoms with Crippen LogP contribution < -0.4 is 4.74 Å². The minimum Gasteiger partial charge on any atom is -0.495 e. The Bertz CT molecular complexity index is 1040. The topological polar surface area (TPSA) is 70.8 Å². The molecule has 0 fully saturated rings. The minimum atomic E-state index is -0.0502. The number of H-pyrrole nitrogens is 2. The summed E-state index contributed by atoms with van der Waals surface area (Å²) in [5.74, 6) is 0.674. The molecule has 4 rings (SSSR count). The van der Waals surface area contributed by atoms with Crippen molar-refractivity contribution >= 4 is 27.6 Å². The van der Waals surface area contributed by atoms with Crippen LogP contribution in [0.25, 0.3) is 21.8 Å². The lowest BCUT2D eigenvalue weighted by Crippen LogP contribution is -2.01. The summed E-state index contributed by atoms with van der Waals surface area (Å²) in [5.41, 5.74) is 3.82. The second kappa shape index (κ2) is 4.98. The van der Waals surface area contributed by atoms with Crippen molar-refractivity contribution in [2.45, 2.75) is 6.92 Å². The smallest absolute Gasteiger partial charge is 0.209 e. The molecule has 5 nitrogen and oxygen atoms in total. The SMILES string of the molecule is COc1cccc2cc(C(=O)c3ccc4n[nH]c(C)c4c3)[nH]c12. The van der Waals surface area contributed by atoms with E-state index in [1.165, 1.54) is 0 Å². The zero-order chi connectivity index (χ0) is 16.0. The summed E-state index contributed by atoms with van der Waals surface area (Å²) in [6.45, 7) is 1.94. The molecular formula is C18H15N3O2. The largest absolute Gasteiger partial charge is 0.495 e. The summed E-state index contributed by atoms with van der Waals surface area (Å²) in [6.07, 6.45) is 0. The third kappa shape index (κ3) is 2.09. The summed E-state index contributed by atoms with van der Waals surface area (Å²) in [6, 6.07) is 13.1. The Morgan fingerprint density at radius 1 is 1.17 bits per heavy atom. The maximum absolute atomic E-state index is 12.8. The van der Waals surface area contributed by atoms with Crippen LogP contribution >= 0.6 is 0 Å². The van der Waals surface area contributed by atoms with Crippen molar-refractivity contribution in [1.29, 1.82) is 0 Å². The van der Waals surface area contributed by atoms with Crippen LogP contribution in [0.4, 0.5) is 0 Å². The number of rotatable bonds is 3. The lowest BCUT2D eigenvalue weighted by atomic mass is 10.1. The molecule has 0 bridgehead atoms. The average Bonchev–Trinajstić information content (AvgIpc) is 3.17. The third-order valence-corrected chi connectivity index (χ3v) is 4.09. The highest BCUT2D eigenvalue weighted by Gasteiger charge is 2.15. The second-order valence-corrected chi connectivity index (χ2v) is 5.52. The molecular weight excluding hydrogens is 290 g/mol. The molecule has 5 heteroatoms. The first-order valence-electron chi connectivity index (χ1n) is 7.32. The van der Waals surface area contributed by atoms with Gasteiger partial charge in [0.2, 0.25) is 5.78 Å². The Hall–Kier alpha value is -3.08. The van der Waals surface area contributed by atoms with Gasteiger partial charge >= 0.3 is 0 Å². The normalized spacial score (nSPS) is 11.2. The number of ether oxygens (including phenoxy) is 1. The highest BCUT2D eigenvalue weighted by atomic mass is 16.5. The molecule has 0 atom stereocenters. The van der Waals surface area contributed by atoms with Gasteiger partial charge in [0.1, 0.15) is 5.75 Å². The molecule has 0 radical (unpaired) electrons. The number of nitrogens with zero attached hydrogens (tertiary/aromatic N) is 1. The molecule has 0 spiro atoms. The van der Waals surface area contributed by atoms with Crippen LogP contribution in [-0.4, -0.2) is 28.1 Å². The second-order valence-electron chi connectivity index (χ2n) is 5.52. The van der Waals surface area contributed by atoms with Crippen molar-refractivity contribution in [3.8, 4) is 5.75 Å². The van der Waals surface area contributed by atoms with Gasteiger partial charge in [-0.05, 0) is 37.3 Å². The Morgan fingerprint density at radius 3 is 2.87 bits per heavy atom. The Labute approximate surface area is 132 Å². The van der Waals surface area contributed by atoms with E-state index in [0.717, 1.165) is 33.2 Å². The van der Waals surface area contributed by atoms with Crippen LogP contribution in [-0.2, 0) is 0 Å². The Balaban J connectivity index is 1.82. The number of ketones is 1. The van der Waals surface area contributed by atoms with Crippen molar-refractivity contribution in [2.24, 2.45) is 0 Å². The van der Waals surface area contributed by atoms with Crippen molar-refractivity contribution in [2.75, 3.05) is 7.11 Å². The molecule has 2 aromatic heterocycles. The quantitative estimate of drug-likeness (QED) is 0.568. The average molecular weight is 305 g/mol. The van der Waals surface area contributed by atoms with E-state index in [9.17, 15) is 4.79 Å². The number of hydrogen-bond acceptors (Lipinski definition) is 3. The van der Waals surface area contributed by atoms with Gasteiger partial charge in [0, 0.05) is 22.0 Å². The summed E-state index contributed by atoms with van der Waals surface area (Å²) < 4.78 is 5.33.